The van der Waals surface area contributed by atoms with Gasteiger partial charge in [-0.15, -0.1) is 0 Å². The fourth-order valence-corrected chi connectivity index (χ4v) is 4.32. The number of hydrogen-bond donors (Lipinski definition) is 0. The van der Waals surface area contributed by atoms with Crippen LogP contribution in [0.1, 0.15) is 46.1 Å². The first-order chi connectivity index (χ1) is 14.7. The van der Waals surface area contributed by atoms with Gasteiger partial charge in [-0.1, -0.05) is 30.3 Å². The minimum atomic E-state index is -0.975. The van der Waals surface area contributed by atoms with Gasteiger partial charge in [-0.05, 0) is 46.1 Å². The van der Waals surface area contributed by atoms with E-state index in [9.17, 15) is 14.4 Å². The summed E-state index contributed by atoms with van der Waals surface area (Å²) in [4.78, 5) is 41.8. The first kappa shape index (κ1) is 22.9. The van der Waals surface area contributed by atoms with Gasteiger partial charge in [-0.2, -0.15) is 0 Å². The predicted molar refractivity (Wildman–Crippen MR) is 113 cm³/mol. The molecule has 2 unspecified atom stereocenters. The Kier molecular flexibility index (Phi) is 6.77. The van der Waals surface area contributed by atoms with Crippen LogP contribution in [0.25, 0.3) is 0 Å². The normalized spacial score (nSPS) is 23.2. The molecule has 0 spiro atoms. The molecular weight excluding hydrogens is 400 g/mol. The molecule has 0 radical (unpaired) electrons. The van der Waals surface area contributed by atoms with Gasteiger partial charge in [0.2, 0.25) is 0 Å². The Hall–Kier alpha value is -2.77. The number of carbonyl (C=O) groups excluding carboxylic acids is 3. The van der Waals surface area contributed by atoms with Crippen LogP contribution in [0, 0.1) is 5.41 Å². The van der Waals surface area contributed by atoms with E-state index < -0.39 is 29.2 Å². The van der Waals surface area contributed by atoms with E-state index in [1.165, 1.54) is 4.90 Å². The van der Waals surface area contributed by atoms with Crippen molar-refractivity contribution in [1.82, 2.24) is 9.80 Å². The fourth-order valence-electron chi connectivity index (χ4n) is 4.32. The van der Waals surface area contributed by atoms with Gasteiger partial charge >= 0.3 is 18.2 Å². The highest BCUT2D eigenvalue weighted by atomic mass is 16.6. The lowest BCUT2D eigenvalue weighted by Gasteiger charge is -2.43. The summed E-state index contributed by atoms with van der Waals surface area (Å²) in [5.74, 6) is -0.383. The summed E-state index contributed by atoms with van der Waals surface area (Å²) >= 11 is 0. The summed E-state index contributed by atoms with van der Waals surface area (Å²) in [6, 6.07) is 8.89. The van der Waals surface area contributed by atoms with Crippen molar-refractivity contribution in [2.45, 2.75) is 58.8 Å². The van der Waals surface area contributed by atoms with Gasteiger partial charge in [0.05, 0.1) is 12.6 Å². The number of nitrogens with zero attached hydrogens (tertiary/aromatic N) is 2. The number of amides is 2. The van der Waals surface area contributed by atoms with Crippen LogP contribution < -0.4 is 0 Å². The second kappa shape index (κ2) is 9.16. The van der Waals surface area contributed by atoms with Crippen LogP contribution in [0.3, 0.4) is 0 Å². The van der Waals surface area contributed by atoms with Gasteiger partial charge in [0.25, 0.3) is 0 Å². The second-order valence-electron chi connectivity index (χ2n) is 9.09. The summed E-state index contributed by atoms with van der Waals surface area (Å²) < 4.78 is 16.4. The maximum Gasteiger partial charge on any atom is 0.410 e. The molecule has 0 aliphatic carbocycles. The molecule has 0 N–H and O–H groups in total. The van der Waals surface area contributed by atoms with Gasteiger partial charge in [-0.25, -0.2) is 9.59 Å². The fraction of sp³-hybridized carbons (Fsp3) is 0.609. The largest absolute Gasteiger partial charge is 0.465 e. The molecule has 2 saturated heterocycles. The van der Waals surface area contributed by atoms with Gasteiger partial charge in [0, 0.05) is 19.6 Å². The number of hydrogen-bond acceptors (Lipinski definition) is 6. The Labute approximate surface area is 183 Å². The number of carbonyl (C=O) groups is 3. The molecule has 2 fully saturated rings. The summed E-state index contributed by atoms with van der Waals surface area (Å²) in [6.45, 7) is 8.35. The molecule has 0 aromatic heterocycles. The van der Waals surface area contributed by atoms with Crippen LogP contribution in [0.4, 0.5) is 9.59 Å². The van der Waals surface area contributed by atoms with Crippen molar-refractivity contribution < 1.29 is 28.6 Å². The van der Waals surface area contributed by atoms with E-state index in [0.29, 0.717) is 19.4 Å². The number of esters is 1. The van der Waals surface area contributed by atoms with Gasteiger partial charge in [0.15, 0.2) is 0 Å². The molecule has 2 amide bonds. The maximum atomic E-state index is 13.0. The maximum absolute atomic E-state index is 13.0. The van der Waals surface area contributed by atoms with Crippen LogP contribution >= 0.6 is 0 Å². The van der Waals surface area contributed by atoms with Crippen molar-refractivity contribution in [3.63, 3.8) is 0 Å². The molecule has 1 aromatic carbocycles. The molecular formula is C23H32N2O6. The highest BCUT2D eigenvalue weighted by Crippen LogP contribution is 2.43. The zero-order valence-electron chi connectivity index (χ0n) is 18.8. The number of fused-ring (bicyclic) bond motifs is 1. The third-order valence-corrected chi connectivity index (χ3v) is 5.68. The van der Waals surface area contributed by atoms with Crippen LogP contribution in [0.2, 0.25) is 0 Å². The summed E-state index contributed by atoms with van der Waals surface area (Å²) in [5, 5.41) is 0. The number of benzene rings is 1. The zero-order chi connectivity index (χ0) is 22.6. The molecule has 0 bridgehead atoms. The molecule has 8 heteroatoms. The minimum absolute atomic E-state index is 0.142. The molecule has 2 aliphatic heterocycles. The lowest BCUT2D eigenvalue weighted by molar-refractivity contribution is -0.160. The summed E-state index contributed by atoms with van der Waals surface area (Å²) in [7, 11) is 0. The lowest BCUT2D eigenvalue weighted by atomic mass is 9.75. The van der Waals surface area contributed by atoms with Crippen LogP contribution in [-0.2, 0) is 25.6 Å². The first-order valence-electron chi connectivity index (χ1n) is 10.8. The van der Waals surface area contributed by atoms with E-state index in [2.05, 4.69) is 0 Å². The van der Waals surface area contributed by atoms with Crippen LogP contribution in [-0.4, -0.2) is 65.8 Å². The van der Waals surface area contributed by atoms with E-state index in [-0.39, 0.29) is 32.3 Å². The lowest BCUT2D eigenvalue weighted by Crippen LogP contribution is -2.58. The first-order valence-corrected chi connectivity index (χ1v) is 10.8. The topological polar surface area (TPSA) is 85.4 Å². The molecule has 8 nitrogen and oxygen atoms in total. The third-order valence-electron chi connectivity index (χ3n) is 5.68. The molecule has 3 rings (SSSR count). The van der Waals surface area contributed by atoms with Gasteiger partial charge < -0.3 is 24.0 Å². The second-order valence-corrected chi connectivity index (χ2v) is 9.09. The van der Waals surface area contributed by atoms with Crippen molar-refractivity contribution in [3.05, 3.63) is 35.9 Å². The van der Waals surface area contributed by atoms with E-state index in [0.717, 1.165) is 5.56 Å². The Morgan fingerprint density at radius 3 is 2.45 bits per heavy atom. The van der Waals surface area contributed by atoms with Gasteiger partial charge in [-0.3, -0.25) is 4.79 Å². The van der Waals surface area contributed by atoms with Crippen LogP contribution in [0.15, 0.2) is 30.3 Å². The van der Waals surface area contributed by atoms with Crippen molar-refractivity contribution in [1.29, 1.82) is 0 Å². The van der Waals surface area contributed by atoms with Crippen molar-refractivity contribution in [2.24, 2.45) is 5.41 Å². The van der Waals surface area contributed by atoms with E-state index in [1.807, 2.05) is 30.3 Å². The van der Waals surface area contributed by atoms with Gasteiger partial charge in [0.1, 0.15) is 17.6 Å². The van der Waals surface area contributed by atoms with Crippen molar-refractivity contribution >= 4 is 18.2 Å². The van der Waals surface area contributed by atoms with Crippen molar-refractivity contribution in [3.8, 4) is 0 Å². The average molecular weight is 433 g/mol. The zero-order valence-corrected chi connectivity index (χ0v) is 18.8. The average Bonchev–Trinajstić information content (AvgIpc) is 3.13. The molecule has 2 heterocycles. The third kappa shape index (κ3) is 5.11. The summed E-state index contributed by atoms with van der Waals surface area (Å²) in [5.41, 5.74) is -0.756. The quantitative estimate of drug-likeness (QED) is 0.534. The monoisotopic (exact) mass is 432 g/mol. The number of ether oxygens (including phenoxy) is 3. The number of likely N-dealkylation sites (tertiary alicyclic amines) is 2. The Balaban J connectivity index is 1.79. The number of rotatable bonds is 4. The van der Waals surface area contributed by atoms with E-state index >= 15 is 0 Å². The molecule has 1 aromatic rings. The molecule has 170 valence electrons. The standard InChI is InChI=1S/C23H32N2O6/c1-5-29-19(26)23-12-9-13-25(21(28)31-22(2,3)4)18(23)14-24(16-23)20(27)30-15-17-10-7-6-8-11-17/h6-8,10-11,18H,5,9,12-16H2,1-4H3. The summed E-state index contributed by atoms with van der Waals surface area (Å²) in [6.07, 6.45) is 0.177. The number of piperidine rings is 1. The van der Waals surface area contributed by atoms with Crippen molar-refractivity contribution in [2.75, 3.05) is 26.2 Å². The minimum Gasteiger partial charge on any atom is -0.465 e. The Bertz CT molecular complexity index is 806. The highest BCUT2D eigenvalue weighted by molar-refractivity contribution is 5.82. The molecule has 2 atom stereocenters. The molecule has 0 saturated carbocycles. The Morgan fingerprint density at radius 1 is 1.10 bits per heavy atom. The predicted octanol–water partition coefficient (Wildman–Crippen LogP) is 3.59. The molecule has 31 heavy (non-hydrogen) atoms. The van der Waals surface area contributed by atoms with Crippen LogP contribution in [0.5, 0.6) is 0 Å². The SMILES string of the molecule is CCOC(=O)C12CCCN(C(=O)OC(C)(C)C)C1CN(C(=O)OCc1ccccc1)C2. The highest BCUT2D eigenvalue weighted by Gasteiger charge is 2.59. The Morgan fingerprint density at radius 2 is 1.81 bits per heavy atom. The smallest absolute Gasteiger partial charge is 0.410 e. The van der Waals surface area contributed by atoms with E-state index in [4.69, 9.17) is 14.2 Å². The van der Waals surface area contributed by atoms with E-state index in [1.54, 1.807) is 32.6 Å². The molecule has 2 aliphatic rings.